The van der Waals surface area contributed by atoms with Crippen LogP contribution in [-0.2, 0) is 26.2 Å². The fourth-order valence-electron chi connectivity index (χ4n) is 1.40. The van der Waals surface area contributed by atoms with Crippen molar-refractivity contribution in [1.82, 2.24) is 0 Å². The van der Waals surface area contributed by atoms with Crippen LogP contribution in [0.15, 0.2) is 34.9 Å². The third kappa shape index (κ3) is 9.83. The van der Waals surface area contributed by atoms with Gasteiger partial charge >= 0.3 is 26.2 Å². The smallest absolute Gasteiger partial charge is 0.275 e. The molecule has 0 aromatic carbocycles. The predicted octanol–water partition coefficient (Wildman–Crippen LogP) is 5.59. The van der Waals surface area contributed by atoms with Crippen molar-refractivity contribution in [2.75, 3.05) is 0 Å². The van der Waals surface area contributed by atoms with E-state index in [1.54, 1.807) is 0 Å². The summed E-state index contributed by atoms with van der Waals surface area (Å²) in [6.45, 7) is 10.3. The summed E-state index contributed by atoms with van der Waals surface area (Å²) in [5.41, 5.74) is 3.97. The predicted molar refractivity (Wildman–Crippen MR) is 77.6 cm³/mol. The van der Waals surface area contributed by atoms with Crippen molar-refractivity contribution < 1.29 is 26.2 Å². The van der Waals surface area contributed by atoms with Crippen LogP contribution in [0.2, 0.25) is 0 Å². The first-order chi connectivity index (χ1) is 8.15. The molecule has 0 spiro atoms. The third-order valence-corrected chi connectivity index (χ3v) is 2.97. The summed E-state index contributed by atoms with van der Waals surface area (Å²) in [5.74, 6) is 0. The molecule has 0 saturated carbocycles. The van der Waals surface area contributed by atoms with Crippen LogP contribution >= 0.6 is 0 Å². The van der Waals surface area contributed by atoms with Crippen molar-refractivity contribution in [1.29, 1.82) is 0 Å². The molecule has 0 aromatic heterocycles. The van der Waals surface area contributed by atoms with E-state index < -0.39 is 0 Å². The fourth-order valence-corrected chi connectivity index (χ4v) is 1.40. The van der Waals surface area contributed by atoms with Gasteiger partial charge in [-0.25, -0.2) is 22.8 Å². The van der Waals surface area contributed by atoms with Crippen LogP contribution in [0.25, 0.3) is 0 Å². The SMILES string of the molecule is CCCCC1=[C-]CC=C1.C[C-]=C(C)C(C)=CC.[Zr+2]. The monoisotopic (exact) mass is 320 g/mol. The van der Waals surface area contributed by atoms with Crippen LogP contribution in [-0.4, -0.2) is 0 Å². The molecule has 1 heteroatoms. The van der Waals surface area contributed by atoms with Gasteiger partial charge in [0.25, 0.3) is 0 Å². The standard InChI is InChI=1S/C9H13.C8H13.Zr/c1-2-3-6-9-7-4-5-8-9;1-5-7(3)8(4)6-2;/h4,7H,2-3,5-6H2,1H3;5H,1-4H3;/q2*-1;+2. The van der Waals surface area contributed by atoms with Gasteiger partial charge < -0.3 is 0 Å². The van der Waals surface area contributed by atoms with Crippen LogP contribution in [0.4, 0.5) is 0 Å². The van der Waals surface area contributed by atoms with Gasteiger partial charge in [-0.05, 0) is 0 Å². The molecular weight excluding hydrogens is 295 g/mol. The molecule has 0 N–H and O–H groups in total. The number of rotatable bonds is 4. The number of hydrogen-bond donors (Lipinski definition) is 0. The minimum atomic E-state index is 0. The summed E-state index contributed by atoms with van der Waals surface area (Å²) in [7, 11) is 0. The third-order valence-electron chi connectivity index (χ3n) is 2.97. The molecular formula is C17H26Zr. The molecule has 0 aliphatic heterocycles. The molecule has 0 amide bonds. The maximum absolute atomic E-state index is 3.30. The molecule has 0 atom stereocenters. The van der Waals surface area contributed by atoms with E-state index in [0.29, 0.717) is 0 Å². The van der Waals surface area contributed by atoms with Crippen molar-refractivity contribution in [3.63, 3.8) is 0 Å². The van der Waals surface area contributed by atoms with Gasteiger partial charge in [0.05, 0.1) is 0 Å². The summed E-state index contributed by atoms with van der Waals surface area (Å²) in [6, 6.07) is 0. The average Bonchev–Trinajstić information content (AvgIpc) is 2.88. The summed E-state index contributed by atoms with van der Waals surface area (Å²) in [6.07, 6.45) is 17.7. The summed E-state index contributed by atoms with van der Waals surface area (Å²) in [5, 5.41) is 0. The molecule has 98 valence electrons. The van der Waals surface area contributed by atoms with Gasteiger partial charge in [-0.15, -0.1) is 20.3 Å². The Kier molecular flexibility index (Phi) is 14.9. The first-order valence-electron chi connectivity index (χ1n) is 6.56. The Balaban J connectivity index is 0. The summed E-state index contributed by atoms with van der Waals surface area (Å²) in [4.78, 5) is 0. The quantitative estimate of drug-likeness (QED) is 0.468. The first kappa shape index (κ1) is 20.2. The normalized spacial score (nSPS) is 14.6. The molecule has 0 radical (unpaired) electrons. The average molecular weight is 322 g/mol. The summed E-state index contributed by atoms with van der Waals surface area (Å²) < 4.78 is 0. The largest absolute Gasteiger partial charge is 2.00 e. The molecule has 0 aromatic rings. The van der Waals surface area contributed by atoms with E-state index in [2.05, 4.69) is 51.2 Å². The van der Waals surface area contributed by atoms with Gasteiger partial charge in [0.1, 0.15) is 0 Å². The van der Waals surface area contributed by atoms with Crippen LogP contribution in [0.3, 0.4) is 0 Å². The molecule has 0 heterocycles. The van der Waals surface area contributed by atoms with E-state index in [1.165, 1.54) is 36.0 Å². The molecule has 0 unspecified atom stereocenters. The minimum absolute atomic E-state index is 0. The molecule has 1 rings (SSSR count). The van der Waals surface area contributed by atoms with Crippen molar-refractivity contribution >= 4 is 0 Å². The number of unbranched alkanes of at least 4 members (excludes halogenated alkanes) is 1. The van der Waals surface area contributed by atoms with E-state index in [1.807, 2.05) is 13.8 Å². The zero-order valence-corrected chi connectivity index (χ0v) is 15.0. The second-order valence-corrected chi connectivity index (χ2v) is 4.26. The Bertz CT molecular complexity index is 301. The van der Waals surface area contributed by atoms with Gasteiger partial charge in [0, 0.05) is 0 Å². The fraction of sp³-hybridized carbons (Fsp3) is 0.529. The zero-order chi connectivity index (χ0) is 13.1. The second-order valence-electron chi connectivity index (χ2n) is 4.26. The van der Waals surface area contributed by atoms with Gasteiger partial charge in [-0.1, -0.05) is 40.0 Å². The van der Waals surface area contributed by atoms with Crippen LogP contribution in [0.5, 0.6) is 0 Å². The molecule has 1 aliphatic rings. The minimum Gasteiger partial charge on any atom is -0.275 e. The molecule has 18 heavy (non-hydrogen) atoms. The van der Waals surface area contributed by atoms with E-state index in [4.69, 9.17) is 0 Å². The maximum Gasteiger partial charge on any atom is 2.00 e. The zero-order valence-electron chi connectivity index (χ0n) is 12.6. The number of allylic oxidation sites excluding steroid dienone is 8. The van der Waals surface area contributed by atoms with Crippen molar-refractivity contribution in [3.05, 3.63) is 47.1 Å². The molecule has 0 fully saturated rings. The van der Waals surface area contributed by atoms with Gasteiger partial charge in [0.2, 0.25) is 0 Å². The van der Waals surface area contributed by atoms with Crippen molar-refractivity contribution in [3.8, 4) is 0 Å². The second kappa shape index (κ2) is 13.3. The van der Waals surface area contributed by atoms with Gasteiger partial charge in [-0.2, -0.15) is 12.2 Å². The van der Waals surface area contributed by atoms with Crippen molar-refractivity contribution in [2.45, 2.75) is 60.3 Å². The van der Waals surface area contributed by atoms with Crippen LogP contribution < -0.4 is 0 Å². The first-order valence-corrected chi connectivity index (χ1v) is 6.56. The molecule has 1 aliphatic carbocycles. The Morgan fingerprint density at radius 3 is 2.44 bits per heavy atom. The van der Waals surface area contributed by atoms with E-state index in [9.17, 15) is 0 Å². The molecule has 0 saturated heterocycles. The maximum atomic E-state index is 3.30. The van der Waals surface area contributed by atoms with Crippen LogP contribution in [0, 0.1) is 12.2 Å². The molecule has 0 bridgehead atoms. The van der Waals surface area contributed by atoms with E-state index in [0.717, 1.165) is 6.42 Å². The van der Waals surface area contributed by atoms with Crippen LogP contribution in [0.1, 0.15) is 60.3 Å². The molecule has 0 nitrogen and oxygen atoms in total. The Labute approximate surface area is 133 Å². The Hall–Kier alpha value is -0.157. The van der Waals surface area contributed by atoms with E-state index >= 15 is 0 Å². The van der Waals surface area contributed by atoms with Crippen molar-refractivity contribution in [2.24, 2.45) is 0 Å². The van der Waals surface area contributed by atoms with Gasteiger partial charge in [0.15, 0.2) is 0 Å². The van der Waals surface area contributed by atoms with E-state index in [-0.39, 0.29) is 26.2 Å². The Morgan fingerprint density at radius 2 is 2.11 bits per heavy atom. The van der Waals surface area contributed by atoms with Gasteiger partial charge in [-0.3, -0.25) is 12.2 Å². The number of hydrogen-bond acceptors (Lipinski definition) is 0. The topological polar surface area (TPSA) is 0 Å². The Morgan fingerprint density at radius 1 is 1.44 bits per heavy atom. The summed E-state index contributed by atoms with van der Waals surface area (Å²) >= 11 is 0.